The third kappa shape index (κ3) is 4.99. The predicted octanol–water partition coefficient (Wildman–Crippen LogP) is 2.16. The van der Waals surface area contributed by atoms with Gasteiger partial charge in [-0.05, 0) is 38.0 Å². The summed E-state index contributed by atoms with van der Waals surface area (Å²) in [6.45, 7) is 9.00. The summed E-state index contributed by atoms with van der Waals surface area (Å²) in [6.07, 6.45) is 2.92. The summed E-state index contributed by atoms with van der Waals surface area (Å²) >= 11 is 0. The molecule has 120 valence electrons. The van der Waals surface area contributed by atoms with Crippen LogP contribution in [-0.4, -0.2) is 62.2 Å². The Morgan fingerprint density at radius 2 is 1.85 bits per heavy atom. The molecule has 0 aromatic heterocycles. The molecule has 4 atom stereocenters. The Morgan fingerprint density at radius 1 is 1.15 bits per heavy atom. The van der Waals surface area contributed by atoms with Gasteiger partial charge in [-0.15, -0.1) is 0 Å². The van der Waals surface area contributed by atoms with Gasteiger partial charge in [0, 0.05) is 32.8 Å². The summed E-state index contributed by atoms with van der Waals surface area (Å²) in [5, 5.41) is 10.4. The summed E-state index contributed by atoms with van der Waals surface area (Å²) in [6, 6.07) is 0.539. The molecule has 0 aromatic rings. The van der Waals surface area contributed by atoms with Crippen LogP contribution >= 0.6 is 0 Å². The Kier molecular flexibility index (Phi) is 8.03. The van der Waals surface area contributed by atoms with Crippen LogP contribution < -0.4 is 0 Å². The van der Waals surface area contributed by atoms with Crippen LogP contribution in [0.5, 0.6) is 0 Å². The average Bonchev–Trinajstić information content (AvgIpc) is 2.41. The van der Waals surface area contributed by atoms with E-state index in [2.05, 4.69) is 25.7 Å². The largest absolute Gasteiger partial charge is 0.391 e. The Labute approximate surface area is 124 Å². The van der Waals surface area contributed by atoms with E-state index in [0.29, 0.717) is 31.1 Å². The second-order valence-electron chi connectivity index (χ2n) is 6.49. The summed E-state index contributed by atoms with van der Waals surface area (Å²) in [7, 11) is 3.46. The molecule has 4 nitrogen and oxygen atoms in total. The van der Waals surface area contributed by atoms with Crippen LogP contribution in [0, 0.1) is 11.8 Å². The molecule has 20 heavy (non-hydrogen) atoms. The highest BCUT2D eigenvalue weighted by molar-refractivity contribution is 4.89. The summed E-state index contributed by atoms with van der Waals surface area (Å²) in [4.78, 5) is 2.38. The molecule has 1 rings (SSSR count). The lowest BCUT2D eigenvalue weighted by Gasteiger charge is -2.44. The molecule has 0 spiro atoms. The standard InChI is InChI=1S/C16H33NO3/c1-12(2)14-6-7-16(18)15(10-14)17(8-9-19-4)13(3)11-20-5/h12-16,18H,6-11H2,1-5H3. The van der Waals surface area contributed by atoms with E-state index in [9.17, 15) is 5.11 Å². The number of hydrogen-bond acceptors (Lipinski definition) is 4. The number of nitrogens with zero attached hydrogens (tertiary/aromatic N) is 1. The molecule has 0 aromatic carbocycles. The quantitative estimate of drug-likeness (QED) is 0.743. The van der Waals surface area contributed by atoms with E-state index in [1.165, 1.54) is 0 Å². The number of rotatable bonds is 8. The van der Waals surface area contributed by atoms with Crippen LogP contribution in [0.15, 0.2) is 0 Å². The molecule has 1 aliphatic rings. The van der Waals surface area contributed by atoms with Crippen LogP contribution in [0.1, 0.15) is 40.0 Å². The average molecular weight is 287 g/mol. The van der Waals surface area contributed by atoms with Gasteiger partial charge in [-0.2, -0.15) is 0 Å². The van der Waals surface area contributed by atoms with E-state index >= 15 is 0 Å². The van der Waals surface area contributed by atoms with E-state index in [1.807, 2.05) is 0 Å². The van der Waals surface area contributed by atoms with Gasteiger partial charge in [-0.3, -0.25) is 4.90 Å². The monoisotopic (exact) mass is 287 g/mol. The van der Waals surface area contributed by atoms with Gasteiger partial charge in [0.15, 0.2) is 0 Å². The lowest BCUT2D eigenvalue weighted by molar-refractivity contribution is -0.0411. The molecule has 1 aliphatic carbocycles. The second kappa shape index (κ2) is 8.98. The topological polar surface area (TPSA) is 41.9 Å². The van der Waals surface area contributed by atoms with Crippen molar-refractivity contribution in [3.05, 3.63) is 0 Å². The maximum atomic E-state index is 10.4. The Hall–Kier alpha value is -0.160. The molecular weight excluding hydrogens is 254 g/mol. The summed E-state index contributed by atoms with van der Waals surface area (Å²) in [5.41, 5.74) is 0. The highest BCUT2D eigenvalue weighted by atomic mass is 16.5. The third-order valence-corrected chi connectivity index (χ3v) is 4.72. The first-order valence-electron chi connectivity index (χ1n) is 7.92. The van der Waals surface area contributed by atoms with Gasteiger partial charge in [-0.1, -0.05) is 13.8 Å². The minimum absolute atomic E-state index is 0.221. The highest BCUT2D eigenvalue weighted by Crippen LogP contribution is 2.33. The molecule has 0 aliphatic heterocycles. The lowest BCUT2D eigenvalue weighted by Crippen LogP contribution is -2.53. The van der Waals surface area contributed by atoms with Crippen molar-refractivity contribution in [1.82, 2.24) is 4.90 Å². The third-order valence-electron chi connectivity index (χ3n) is 4.72. The Balaban J connectivity index is 2.74. The lowest BCUT2D eigenvalue weighted by atomic mass is 9.77. The zero-order valence-corrected chi connectivity index (χ0v) is 13.8. The Bertz CT molecular complexity index is 260. The molecule has 4 unspecified atom stereocenters. The van der Waals surface area contributed by atoms with Crippen molar-refractivity contribution in [3.8, 4) is 0 Å². The number of methoxy groups -OCH3 is 2. The normalized spacial score (nSPS) is 29.1. The van der Waals surface area contributed by atoms with E-state index in [-0.39, 0.29) is 12.1 Å². The Morgan fingerprint density at radius 3 is 2.40 bits per heavy atom. The molecule has 1 fully saturated rings. The van der Waals surface area contributed by atoms with Crippen LogP contribution in [0.3, 0.4) is 0 Å². The van der Waals surface area contributed by atoms with Crippen LogP contribution in [0.2, 0.25) is 0 Å². The van der Waals surface area contributed by atoms with Crippen molar-refractivity contribution in [2.45, 2.75) is 58.2 Å². The summed E-state index contributed by atoms with van der Waals surface area (Å²) in [5.74, 6) is 1.40. The van der Waals surface area contributed by atoms with Crippen molar-refractivity contribution in [1.29, 1.82) is 0 Å². The first-order valence-corrected chi connectivity index (χ1v) is 7.92. The molecule has 0 bridgehead atoms. The van der Waals surface area contributed by atoms with Crippen LogP contribution in [0.4, 0.5) is 0 Å². The van der Waals surface area contributed by atoms with Crippen molar-refractivity contribution < 1.29 is 14.6 Å². The zero-order valence-electron chi connectivity index (χ0n) is 13.8. The number of ether oxygens (including phenoxy) is 2. The van der Waals surface area contributed by atoms with Crippen molar-refractivity contribution in [3.63, 3.8) is 0 Å². The molecule has 0 saturated heterocycles. The molecule has 0 heterocycles. The van der Waals surface area contributed by atoms with E-state index in [0.717, 1.165) is 25.8 Å². The minimum Gasteiger partial charge on any atom is -0.391 e. The fourth-order valence-electron chi connectivity index (χ4n) is 3.37. The molecular formula is C16H33NO3. The second-order valence-corrected chi connectivity index (χ2v) is 6.49. The highest BCUT2D eigenvalue weighted by Gasteiger charge is 2.36. The minimum atomic E-state index is -0.221. The smallest absolute Gasteiger partial charge is 0.0695 e. The van der Waals surface area contributed by atoms with Crippen LogP contribution in [-0.2, 0) is 9.47 Å². The van der Waals surface area contributed by atoms with Gasteiger partial charge in [-0.25, -0.2) is 0 Å². The van der Waals surface area contributed by atoms with Crippen molar-refractivity contribution >= 4 is 0 Å². The van der Waals surface area contributed by atoms with E-state index in [1.54, 1.807) is 14.2 Å². The van der Waals surface area contributed by atoms with Gasteiger partial charge in [0.25, 0.3) is 0 Å². The molecule has 0 radical (unpaired) electrons. The maximum Gasteiger partial charge on any atom is 0.0695 e. The van der Waals surface area contributed by atoms with Gasteiger partial charge in [0.05, 0.1) is 19.3 Å². The molecule has 4 heteroatoms. The van der Waals surface area contributed by atoms with E-state index < -0.39 is 0 Å². The zero-order chi connectivity index (χ0) is 15.1. The van der Waals surface area contributed by atoms with Crippen molar-refractivity contribution in [2.24, 2.45) is 11.8 Å². The number of aliphatic hydroxyl groups excluding tert-OH is 1. The molecule has 1 saturated carbocycles. The number of aliphatic hydroxyl groups is 1. The molecule has 1 N–H and O–H groups in total. The van der Waals surface area contributed by atoms with Gasteiger partial charge < -0.3 is 14.6 Å². The van der Waals surface area contributed by atoms with Crippen LogP contribution in [0.25, 0.3) is 0 Å². The number of hydrogen-bond donors (Lipinski definition) is 1. The SMILES string of the molecule is COCCN(C(C)COC)C1CC(C(C)C)CCC1O. The predicted molar refractivity (Wildman–Crippen MR) is 81.9 cm³/mol. The first kappa shape index (κ1) is 17.9. The van der Waals surface area contributed by atoms with Gasteiger partial charge in [0.2, 0.25) is 0 Å². The van der Waals surface area contributed by atoms with Crippen molar-refractivity contribution in [2.75, 3.05) is 34.0 Å². The molecule has 0 amide bonds. The summed E-state index contributed by atoms with van der Waals surface area (Å²) < 4.78 is 10.5. The fraction of sp³-hybridized carbons (Fsp3) is 1.00. The van der Waals surface area contributed by atoms with E-state index in [4.69, 9.17) is 9.47 Å². The first-order chi connectivity index (χ1) is 9.51. The van der Waals surface area contributed by atoms with Gasteiger partial charge >= 0.3 is 0 Å². The fourth-order valence-corrected chi connectivity index (χ4v) is 3.37. The van der Waals surface area contributed by atoms with Gasteiger partial charge in [0.1, 0.15) is 0 Å². The maximum absolute atomic E-state index is 10.4.